The predicted octanol–water partition coefficient (Wildman–Crippen LogP) is 6.15. The summed E-state index contributed by atoms with van der Waals surface area (Å²) in [5.41, 5.74) is 3.80. The molecule has 5 rings (SSSR count). The molecule has 1 N–H and O–H groups in total. The summed E-state index contributed by atoms with van der Waals surface area (Å²) in [4.78, 5) is 17.7. The molecule has 0 bridgehead atoms. The molecule has 2 aliphatic rings. The molecule has 3 aromatic rings. The number of anilines is 1. The van der Waals surface area contributed by atoms with Gasteiger partial charge in [0.1, 0.15) is 22.9 Å². The fourth-order valence-electron chi connectivity index (χ4n) is 5.02. The molecule has 2 saturated carbocycles. The van der Waals surface area contributed by atoms with Crippen LogP contribution in [0.1, 0.15) is 63.4 Å². The van der Waals surface area contributed by atoms with Gasteiger partial charge in [0.05, 0.1) is 5.92 Å². The number of carbonyl (C=O) groups excluding carboxylic acids is 1. The minimum atomic E-state index is -0.105. The van der Waals surface area contributed by atoms with Crippen molar-refractivity contribution in [2.75, 3.05) is 5.32 Å². The fraction of sp³-hybridized carbons (Fsp3) is 0.462. The second-order valence-electron chi connectivity index (χ2n) is 9.12. The van der Waals surface area contributed by atoms with Gasteiger partial charge in [0.15, 0.2) is 0 Å². The van der Waals surface area contributed by atoms with Gasteiger partial charge in [0.25, 0.3) is 0 Å². The normalized spacial score (nSPS) is 17.8. The number of aromatic nitrogens is 2. The molecule has 0 unspecified atom stereocenters. The highest BCUT2D eigenvalue weighted by Gasteiger charge is 2.27. The van der Waals surface area contributed by atoms with Gasteiger partial charge in [-0.25, -0.2) is 4.98 Å². The van der Waals surface area contributed by atoms with Crippen molar-refractivity contribution in [3.63, 3.8) is 0 Å². The Bertz CT molecular complexity index is 1080. The zero-order valence-corrected chi connectivity index (χ0v) is 18.3. The van der Waals surface area contributed by atoms with Gasteiger partial charge in [-0.15, -0.1) is 0 Å². The van der Waals surface area contributed by atoms with Crippen LogP contribution in [0, 0.1) is 12.8 Å². The summed E-state index contributed by atoms with van der Waals surface area (Å²) in [7, 11) is 0. The zero-order valence-electron chi connectivity index (χ0n) is 18.3. The van der Waals surface area contributed by atoms with Crippen molar-refractivity contribution < 1.29 is 9.53 Å². The quantitative estimate of drug-likeness (QED) is 0.400. The number of esters is 1. The molecule has 2 aliphatic carbocycles. The van der Waals surface area contributed by atoms with Gasteiger partial charge in [0, 0.05) is 17.8 Å². The predicted molar refractivity (Wildman–Crippen MR) is 123 cm³/mol. The first-order chi connectivity index (χ1) is 15.2. The Morgan fingerprint density at radius 1 is 1.03 bits per heavy atom. The molecule has 0 radical (unpaired) electrons. The largest absolute Gasteiger partial charge is 0.426 e. The van der Waals surface area contributed by atoms with Crippen LogP contribution in [0.3, 0.4) is 0 Å². The number of aryl methyl sites for hydroxylation is 1. The number of fused-ring (bicyclic) bond motifs is 1. The lowest BCUT2D eigenvalue weighted by atomic mass is 9.95. The van der Waals surface area contributed by atoms with Crippen LogP contribution in [0.25, 0.3) is 16.9 Å². The van der Waals surface area contributed by atoms with E-state index < -0.39 is 0 Å². The van der Waals surface area contributed by atoms with Crippen molar-refractivity contribution in [1.29, 1.82) is 0 Å². The maximum atomic E-state index is 12.8. The summed E-state index contributed by atoms with van der Waals surface area (Å²) in [6, 6.07) is 12.5. The fourth-order valence-corrected chi connectivity index (χ4v) is 5.02. The van der Waals surface area contributed by atoms with Crippen molar-refractivity contribution >= 4 is 17.4 Å². The van der Waals surface area contributed by atoms with E-state index in [2.05, 4.69) is 35.0 Å². The number of pyridine rings is 1. The van der Waals surface area contributed by atoms with Gasteiger partial charge >= 0.3 is 5.97 Å². The summed E-state index contributed by atoms with van der Waals surface area (Å²) in [5.74, 6) is 1.51. The smallest absolute Gasteiger partial charge is 0.314 e. The molecular formula is C26H31N3O2. The van der Waals surface area contributed by atoms with Crippen LogP contribution in [-0.4, -0.2) is 21.4 Å². The van der Waals surface area contributed by atoms with Gasteiger partial charge in [-0.05, 0) is 62.4 Å². The van der Waals surface area contributed by atoms with E-state index in [0.717, 1.165) is 48.4 Å². The monoisotopic (exact) mass is 417 g/mol. The van der Waals surface area contributed by atoms with Gasteiger partial charge in [-0.1, -0.05) is 44.2 Å². The standard InChI is InChI=1S/C26H31N3O2/c1-18-15-16-29-23(17-18)28-24(25(29)27-20-11-3-2-4-12-20)21-13-7-8-14-22(21)31-26(30)19-9-5-6-10-19/h7-8,13-17,19-20,27H,2-6,9-12H2,1H3. The van der Waals surface area contributed by atoms with Crippen molar-refractivity contribution in [2.45, 2.75) is 70.8 Å². The minimum Gasteiger partial charge on any atom is -0.426 e. The molecule has 0 saturated heterocycles. The average molecular weight is 418 g/mol. The van der Waals surface area contributed by atoms with E-state index in [0.29, 0.717) is 11.8 Å². The van der Waals surface area contributed by atoms with Gasteiger partial charge in [-0.3, -0.25) is 9.20 Å². The van der Waals surface area contributed by atoms with Gasteiger partial charge in [-0.2, -0.15) is 0 Å². The highest BCUT2D eigenvalue weighted by Crippen LogP contribution is 2.37. The molecule has 31 heavy (non-hydrogen) atoms. The number of hydrogen-bond acceptors (Lipinski definition) is 4. The SMILES string of the molecule is Cc1ccn2c(NC3CCCCC3)c(-c3ccccc3OC(=O)C3CCCC3)nc2c1. The first-order valence-corrected chi connectivity index (χ1v) is 11.8. The van der Waals surface area contributed by atoms with Crippen LogP contribution in [0.2, 0.25) is 0 Å². The molecule has 0 amide bonds. The first kappa shape index (κ1) is 20.1. The van der Waals surface area contributed by atoms with Crippen LogP contribution in [0.5, 0.6) is 5.75 Å². The average Bonchev–Trinajstić information content (AvgIpc) is 3.44. The van der Waals surface area contributed by atoms with E-state index >= 15 is 0 Å². The Hall–Kier alpha value is -2.82. The van der Waals surface area contributed by atoms with Crippen LogP contribution in [0.4, 0.5) is 5.82 Å². The topological polar surface area (TPSA) is 55.6 Å². The van der Waals surface area contributed by atoms with E-state index in [-0.39, 0.29) is 11.9 Å². The molecule has 2 aromatic heterocycles. The Morgan fingerprint density at radius 2 is 1.77 bits per heavy atom. The number of nitrogens with zero attached hydrogens (tertiary/aromatic N) is 2. The van der Waals surface area contributed by atoms with E-state index in [4.69, 9.17) is 9.72 Å². The molecule has 0 spiro atoms. The van der Waals surface area contributed by atoms with Crippen molar-refractivity contribution in [1.82, 2.24) is 9.38 Å². The molecule has 0 atom stereocenters. The molecule has 5 heteroatoms. The molecule has 162 valence electrons. The molecule has 2 heterocycles. The van der Waals surface area contributed by atoms with Crippen molar-refractivity contribution in [2.24, 2.45) is 5.92 Å². The number of nitrogens with one attached hydrogen (secondary N) is 1. The number of para-hydroxylation sites is 1. The van der Waals surface area contributed by atoms with E-state index in [1.807, 2.05) is 24.3 Å². The summed E-state index contributed by atoms with van der Waals surface area (Å²) >= 11 is 0. The van der Waals surface area contributed by atoms with Crippen LogP contribution in [0.15, 0.2) is 42.6 Å². The number of ether oxygens (including phenoxy) is 1. The van der Waals surface area contributed by atoms with Gasteiger partial charge in [0.2, 0.25) is 0 Å². The lowest BCUT2D eigenvalue weighted by Gasteiger charge is -2.24. The van der Waals surface area contributed by atoms with E-state index in [1.54, 1.807) is 0 Å². The zero-order chi connectivity index (χ0) is 21.2. The van der Waals surface area contributed by atoms with Crippen molar-refractivity contribution in [3.8, 4) is 17.0 Å². The number of rotatable bonds is 5. The number of carbonyl (C=O) groups is 1. The highest BCUT2D eigenvalue weighted by atomic mass is 16.5. The van der Waals surface area contributed by atoms with E-state index in [9.17, 15) is 4.79 Å². The van der Waals surface area contributed by atoms with Crippen LogP contribution < -0.4 is 10.1 Å². The van der Waals surface area contributed by atoms with E-state index in [1.165, 1.54) is 37.7 Å². The third-order valence-corrected chi connectivity index (χ3v) is 6.77. The van der Waals surface area contributed by atoms with Gasteiger partial charge < -0.3 is 10.1 Å². The Morgan fingerprint density at radius 3 is 2.58 bits per heavy atom. The minimum absolute atomic E-state index is 0.0246. The Balaban J connectivity index is 1.54. The molecular weight excluding hydrogens is 386 g/mol. The Kier molecular flexibility index (Phi) is 5.66. The maximum Gasteiger partial charge on any atom is 0.314 e. The summed E-state index contributed by atoms with van der Waals surface area (Å²) in [6.07, 6.45) is 12.4. The summed E-state index contributed by atoms with van der Waals surface area (Å²) < 4.78 is 8.06. The second-order valence-corrected chi connectivity index (χ2v) is 9.12. The molecule has 5 nitrogen and oxygen atoms in total. The summed E-state index contributed by atoms with van der Waals surface area (Å²) in [5, 5.41) is 3.79. The highest BCUT2D eigenvalue weighted by molar-refractivity contribution is 5.84. The summed E-state index contributed by atoms with van der Waals surface area (Å²) in [6.45, 7) is 2.08. The third kappa shape index (κ3) is 4.18. The number of benzene rings is 1. The van der Waals surface area contributed by atoms with Crippen molar-refractivity contribution in [3.05, 3.63) is 48.2 Å². The number of hydrogen-bond donors (Lipinski definition) is 1. The second kappa shape index (κ2) is 8.74. The number of imidazole rings is 1. The first-order valence-electron chi connectivity index (χ1n) is 11.8. The van der Waals surface area contributed by atoms with Crippen LogP contribution in [-0.2, 0) is 4.79 Å². The molecule has 2 fully saturated rings. The Labute approximate surface area is 183 Å². The third-order valence-electron chi connectivity index (χ3n) is 6.77. The lowest BCUT2D eigenvalue weighted by Crippen LogP contribution is -2.23. The lowest BCUT2D eigenvalue weighted by molar-refractivity contribution is -0.138. The molecule has 1 aromatic carbocycles. The molecule has 0 aliphatic heterocycles. The maximum absolute atomic E-state index is 12.8. The van der Waals surface area contributed by atoms with Crippen LogP contribution >= 0.6 is 0 Å².